The summed E-state index contributed by atoms with van der Waals surface area (Å²) >= 11 is 0. The number of rotatable bonds is 1. The van der Waals surface area contributed by atoms with Gasteiger partial charge in [0.2, 0.25) is 0 Å². The Morgan fingerprint density at radius 2 is 1.75 bits per heavy atom. The van der Waals surface area contributed by atoms with Crippen molar-refractivity contribution in [1.29, 1.82) is 0 Å². The van der Waals surface area contributed by atoms with E-state index in [-0.39, 0.29) is 0 Å². The molecule has 1 heterocycles. The van der Waals surface area contributed by atoms with Crippen LogP contribution in [0, 0.1) is 11.8 Å². The van der Waals surface area contributed by atoms with Gasteiger partial charge >= 0.3 is 0 Å². The molecule has 1 aliphatic carbocycles. The molecule has 70 valence electrons. The van der Waals surface area contributed by atoms with Crippen molar-refractivity contribution >= 4 is 0 Å². The molecule has 0 aromatic carbocycles. The van der Waals surface area contributed by atoms with Crippen LogP contribution in [0.4, 0.5) is 0 Å². The molecule has 1 saturated heterocycles. The van der Waals surface area contributed by atoms with Crippen LogP contribution in [0.25, 0.3) is 0 Å². The van der Waals surface area contributed by atoms with E-state index in [4.69, 9.17) is 0 Å². The van der Waals surface area contributed by atoms with Gasteiger partial charge in [-0.1, -0.05) is 19.8 Å². The Kier molecular flexibility index (Phi) is 2.69. The monoisotopic (exact) mass is 167 g/mol. The predicted molar refractivity (Wildman–Crippen MR) is 52.1 cm³/mol. The Balaban J connectivity index is 1.80. The summed E-state index contributed by atoms with van der Waals surface area (Å²) in [5, 5.41) is 3.64. The zero-order valence-electron chi connectivity index (χ0n) is 8.18. The van der Waals surface area contributed by atoms with E-state index in [1.165, 1.54) is 45.1 Å². The normalized spacial score (nSPS) is 43.2. The van der Waals surface area contributed by atoms with Crippen molar-refractivity contribution in [2.24, 2.45) is 11.8 Å². The van der Waals surface area contributed by atoms with Gasteiger partial charge in [-0.15, -0.1) is 0 Å². The van der Waals surface area contributed by atoms with Crippen LogP contribution >= 0.6 is 0 Å². The number of nitrogens with one attached hydrogen (secondary N) is 1. The Bertz CT molecular complexity index is 130. The molecule has 12 heavy (non-hydrogen) atoms. The summed E-state index contributed by atoms with van der Waals surface area (Å²) in [6.45, 7) is 3.68. The maximum Gasteiger partial charge on any atom is 0.00958 e. The zero-order valence-corrected chi connectivity index (χ0v) is 8.18. The minimum absolute atomic E-state index is 0.887. The molecule has 2 fully saturated rings. The van der Waals surface area contributed by atoms with Crippen molar-refractivity contribution in [3.8, 4) is 0 Å². The molecule has 1 N–H and O–H groups in total. The highest BCUT2D eigenvalue weighted by Gasteiger charge is 2.27. The van der Waals surface area contributed by atoms with Gasteiger partial charge in [0.05, 0.1) is 0 Å². The molecular weight excluding hydrogens is 146 g/mol. The molecule has 0 aromatic heterocycles. The quantitative estimate of drug-likeness (QED) is 0.633. The Morgan fingerprint density at radius 1 is 1.00 bits per heavy atom. The van der Waals surface area contributed by atoms with Crippen LogP contribution in [-0.4, -0.2) is 12.6 Å². The second-order valence-corrected chi connectivity index (χ2v) is 4.72. The second-order valence-electron chi connectivity index (χ2n) is 4.72. The van der Waals surface area contributed by atoms with Crippen molar-refractivity contribution in [2.45, 2.75) is 51.5 Å². The van der Waals surface area contributed by atoms with E-state index in [2.05, 4.69) is 12.2 Å². The third-order valence-electron chi connectivity index (χ3n) is 3.73. The van der Waals surface area contributed by atoms with Crippen LogP contribution in [0.2, 0.25) is 0 Å². The summed E-state index contributed by atoms with van der Waals surface area (Å²) in [4.78, 5) is 0. The summed E-state index contributed by atoms with van der Waals surface area (Å²) in [6, 6.07) is 0.887. The lowest BCUT2D eigenvalue weighted by Crippen LogP contribution is -2.32. The molecule has 1 saturated carbocycles. The van der Waals surface area contributed by atoms with Crippen LogP contribution in [0.1, 0.15) is 45.4 Å². The highest BCUT2D eigenvalue weighted by atomic mass is 14.9. The first-order valence-electron chi connectivity index (χ1n) is 5.59. The van der Waals surface area contributed by atoms with Crippen LogP contribution in [0.15, 0.2) is 0 Å². The van der Waals surface area contributed by atoms with Gasteiger partial charge in [0.25, 0.3) is 0 Å². The van der Waals surface area contributed by atoms with Gasteiger partial charge in [0, 0.05) is 6.04 Å². The van der Waals surface area contributed by atoms with Crippen molar-refractivity contribution in [1.82, 2.24) is 5.32 Å². The lowest BCUT2D eigenvalue weighted by molar-refractivity contribution is 0.242. The molecule has 1 unspecified atom stereocenters. The molecule has 2 rings (SSSR count). The summed E-state index contributed by atoms with van der Waals surface area (Å²) in [6.07, 6.45) is 8.78. The number of hydrogen-bond acceptors (Lipinski definition) is 1. The molecule has 1 nitrogen and oxygen atoms in total. The minimum atomic E-state index is 0.887. The third kappa shape index (κ3) is 1.82. The largest absolute Gasteiger partial charge is 0.314 e. The highest BCUT2D eigenvalue weighted by molar-refractivity contribution is 4.84. The maximum atomic E-state index is 3.64. The average Bonchev–Trinajstić information content (AvgIpc) is 2.58. The maximum absolute atomic E-state index is 3.64. The van der Waals surface area contributed by atoms with Crippen LogP contribution in [0.3, 0.4) is 0 Å². The molecule has 1 heteroatoms. The van der Waals surface area contributed by atoms with Crippen LogP contribution in [-0.2, 0) is 0 Å². The fourth-order valence-electron chi connectivity index (χ4n) is 2.80. The molecule has 0 amide bonds. The van der Waals surface area contributed by atoms with Crippen LogP contribution in [0.5, 0.6) is 0 Å². The van der Waals surface area contributed by atoms with Crippen molar-refractivity contribution < 1.29 is 0 Å². The predicted octanol–water partition coefficient (Wildman–Crippen LogP) is 2.56. The third-order valence-corrected chi connectivity index (χ3v) is 3.73. The topological polar surface area (TPSA) is 12.0 Å². The van der Waals surface area contributed by atoms with Crippen LogP contribution < -0.4 is 5.32 Å². The van der Waals surface area contributed by atoms with Gasteiger partial charge in [-0.25, -0.2) is 0 Å². The summed E-state index contributed by atoms with van der Waals surface area (Å²) in [7, 11) is 0. The summed E-state index contributed by atoms with van der Waals surface area (Å²) < 4.78 is 0. The van der Waals surface area contributed by atoms with Gasteiger partial charge < -0.3 is 5.32 Å². The molecule has 2 aliphatic rings. The molecule has 1 atom stereocenters. The average molecular weight is 167 g/mol. The summed E-state index contributed by atoms with van der Waals surface area (Å²) in [5.41, 5.74) is 0. The minimum Gasteiger partial charge on any atom is -0.314 e. The van der Waals surface area contributed by atoms with E-state index in [0.717, 1.165) is 17.9 Å². The number of hydrogen-bond donors (Lipinski definition) is 1. The van der Waals surface area contributed by atoms with E-state index in [9.17, 15) is 0 Å². The molecule has 0 spiro atoms. The Labute approximate surface area is 75.9 Å². The van der Waals surface area contributed by atoms with Gasteiger partial charge in [-0.05, 0) is 44.1 Å². The van der Waals surface area contributed by atoms with E-state index >= 15 is 0 Å². The highest BCUT2D eigenvalue weighted by Crippen LogP contribution is 2.32. The van der Waals surface area contributed by atoms with Gasteiger partial charge in [0.15, 0.2) is 0 Å². The Morgan fingerprint density at radius 3 is 2.33 bits per heavy atom. The molecular formula is C11H21N. The zero-order chi connectivity index (χ0) is 8.39. The molecule has 0 radical (unpaired) electrons. The van der Waals surface area contributed by atoms with Crippen molar-refractivity contribution in [3.63, 3.8) is 0 Å². The molecule has 0 aromatic rings. The van der Waals surface area contributed by atoms with Gasteiger partial charge in [-0.2, -0.15) is 0 Å². The molecule has 1 aliphatic heterocycles. The smallest absolute Gasteiger partial charge is 0.00958 e. The van der Waals surface area contributed by atoms with E-state index in [1.807, 2.05) is 0 Å². The lowest BCUT2D eigenvalue weighted by atomic mass is 9.79. The first-order chi connectivity index (χ1) is 5.86. The van der Waals surface area contributed by atoms with Crippen molar-refractivity contribution in [2.75, 3.05) is 6.54 Å². The first kappa shape index (κ1) is 8.55. The van der Waals surface area contributed by atoms with Gasteiger partial charge in [0.1, 0.15) is 0 Å². The molecule has 0 bridgehead atoms. The van der Waals surface area contributed by atoms with E-state index in [0.29, 0.717) is 0 Å². The SMILES string of the molecule is CC1CCC(C2CCCN2)CC1. The summed E-state index contributed by atoms with van der Waals surface area (Å²) in [5.74, 6) is 2.02. The van der Waals surface area contributed by atoms with E-state index < -0.39 is 0 Å². The van der Waals surface area contributed by atoms with Crippen molar-refractivity contribution in [3.05, 3.63) is 0 Å². The standard InChI is InChI=1S/C11H21N/c1-9-4-6-10(7-5-9)11-3-2-8-12-11/h9-12H,2-8H2,1H3. The first-order valence-corrected chi connectivity index (χ1v) is 5.59. The lowest BCUT2D eigenvalue weighted by Gasteiger charge is -2.30. The Hall–Kier alpha value is -0.0400. The second kappa shape index (κ2) is 3.78. The fourth-order valence-corrected chi connectivity index (χ4v) is 2.80. The van der Waals surface area contributed by atoms with Gasteiger partial charge in [-0.3, -0.25) is 0 Å². The fraction of sp³-hybridized carbons (Fsp3) is 1.00. The van der Waals surface area contributed by atoms with E-state index in [1.54, 1.807) is 0 Å².